The first kappa shape index (κ1) is 24.0. The molecular weight excluding hydrogens is 398 g/mol. The molecule has 0 spiro atoms. The van der Waals surface area contributed by atoms with Crippen LogP contribution in [0.5, 0.6) is 11.5 Å². The highest BCUT2D eigenvalue weighted by molar-refractivity contribution is 5.99. The van der Waals surface area contributed by atoms with Crippen LogP contribution in [0, 0.1) is 5.92 Å². The van der Waals surface area contributed by atoms with Crippen LogP contribution in [0.1, 0.15) is 60.0 Å². The van der Waals surface area contributed by atoms with Crippen molar-refractivity contribution in [3.8, 4) is 11.5 Å². The highest BCUT2D eigenvalue weighted by atomic mass is 16.5. The Morgan fingerprint density at radius 3 is 2.10 bits per heavy atom. The summed E-state index contributed by atoms with van der Waals surface area (Å²) in [4.78, 5) is 38.4. The van der Waals surface area contributed by atoms with Gasteiger partial charge in [-0.25, -0.2) is 0 Å². The maximum atomic E-state index is 12.9. The molecule has 2 N–H and O–H groups in total. The van der Waals surface area contributed by atoms with E-state index in [2.05, 4.69) is 10.6 Å². The second-order valence-corrected chi connectivity index (χ2v) is 7.89. The summed E-state index contributed by atoms with van der Waals surface area (Å²) in [5.74, 6) is 0.229. The van der Waals surface area contributed by atoms with Crippen LogP contribution < -0.4 is 25.5 Å². The lowest BCUT2D eigenvalue weighted by Gasteiger charge is -2.16. The molecule has 0 aliphatic carbocycles. The van der Waals surface area contributed by atoms with E-state index in [-0.39, 0.29) is 29.6 Å². The number of nitrogens with zero attached hydrogens (tertiary/aromatic N) is 1. The monoisotopic (exact) mass is 429 g/mol. The molecule has 0 radical (unpaired) electrons. The fraction of sp³-hybridized carbons (Fsp3) is 0.435. The summed E-state index contributed by atoms with van der Waals surface area (Å²) in [5.41, 5.74) is -0.0489. The van der Waals surface area contributed by atoms with Gasteiger partial charge in [0.05, 0.1) is 14.2 Å². The first-order chi connectivity index (χ1) is 14.7. The number of pyridine rings is 1. The number of aromatic nitrogens is 1. The Morgan fingerprint density at radius 2 is 1.58 bits per heavy atom. The van der Waals surface area contributed by atoms with Crippen LogP contribution in [-0.4, -0.2) is 37.1 Å². The molecule has 0 aliphatic heterocycles. The topological polar surface area (TPSA) is 98.7 Å². The number of methoxy groups -OCH3 is 2. The zero-order valence-electron chi connectivity index (χ0n) is 18.9. The summed E-state index contributed by atoms with van der Waals surface area (Å²) < 4.78 is 12.3. The van der Waals surface area contributed by atoms with Crippen molar-refractivity contribution in [3.63, 3.8) is 0 Å². The van der Waals surface area contributed by atoms with Gasteiger partial charge in [0, 0.05) is 37.1 Å². The minimum Gasteiger partial charge on any atom is -0.493 e. The molecular formula is C23H31N3O5. The van der Waals surface area contributed by atoms with Crippen LogP contribution in [0.3, 0.4) is 0 Å². The molecule has 2 amide bonds. The Hall–Kier alpha value is -3.29. The van der Waals surface area contributed by atoms with Gasteiger partial charge in [-0.05, 0) is 25.8 Å². The van der Waals surface area contributed by atoms with Crippen molar-refractivity contribution >= 4 is 11.8 Å². The van der Waals surface area contributed by atoms with E-state index in [4.69, 9.17) is 9.47 Å². The van der Waals surface area contributed by atoms with Crippen molar-refractivity contribution < 1.29 is 19.1 Å². The molecule has 0 fully saturated rings. The second-order valence-electron chi connectivity index (χ2n) is 7.89. The van der Waals surface area contributed by atoms with E-state index in [1.165, 1.54) is 26.6 Å². The Labute approximate surface area is 182 Å². The predicted octanol–water partition coefficient (Wildman–Crippen LogP) is 2.76. The number of carbonyl (C=O) groups is 2. The molecule has 1 aromatic carbocycles. The van der Waals surface area contributed by atoms with Gasteiger partial charge in [-0.2, -0.15) is 0 Å². The maximum Gasteiger partial charge on any atom is 0.257 e. The molecule has 1 heterocycles. The van der Waals surface area contributed by atoms with E-state index in [1.807, 2.05) is 27.7 Å². The number of hydrogen-bond acceptors (Lipinski definition) is 5. The van der Waals surface area contributed by atoms with E-state index < -0.39 is 17.2 Å². The lowest BCUT2D eigenvalue weighted by Crippen LogP contribution is -2.36. The van der Waals surface area contributed by atoms with E-state index >= 15 is 0 Å². The summed E-state index contributed by atoms with van der Waals surface area (Å²) in [6, 6.07) is 5.30. The lowest BCUT2D eigenvalue weighted by molar-refractivity contribution is 0.0946. The molecule has 0 atom stereocenters. The van der Waals surface area contributed by atoms with Crippen molar-refractivity contribution in [2.75, 3.05) is 20.8 Å². The number of amides is 2. The van der Waals surface area contributed by atoms with Gasteiger partial charge >= 0.3 is 0 Å². The smallest absolute Gasteiger partial charge is 0.257 e. The predicted molar refractivity (Wildman–Crippen MR) is 119 cm³/mol. The van der Waals surface area contributed by atoms with Crippen molar-refractivity contribution in [1.29, 1.82) is 0 Å². The van der Waals surface area contributed by atoms with Gasteiger partial charge in [-0.3, -0.25) is 14.4 Å². The van der Waals surface area contributed by atoms with E-state index in [9.17, 15) is 14.4 Å². The van der Waals surface area contributed by atoms with Gasteiger partial charge in [0.25, 0.3) is 11.8 Å². The number of rotatable bonds is 9. The Kier molecular flexibility index (Phi) is 8.24. The maximum absolute atomic E-state index is 12.9. The fourth-order valence-electron chi connectivity index (χ4n) is 2.98. The molecule has 168 valence electrons. The van der Waals surface area contributed by atoms with Gasteiger partial charge in [-0.1, -0.05) is 26.0 Å². The largest absolute Gasteiger partial charge is 0.493 e. The van der Waals surface area contributed by atoms with Gasteiger partial charge < -0.3 is 24.7 Å². The van der Waals surface area contributed by atoms with Crippen molar-refractivity contribution in [2.24, 2.45) is 5.92 Å². The molecule has 0 saturated heterocycles. The third kappa shape index (κ3) is 5.87. The first-order valence-electron chi connectivity index (χ1n) is 10.2. The summed E-state index contributed by atoms with van der Waals surface area (Å²) in [7, 11) is 3.05. The first-order valence-corrected chi connectivity index (χ1v) is 10.2. The van der Waals surface area contributed by atoms with Crippen molar-refractivity contribution in [2.45, 2.75) is 40.3 Å². The normalized spacial score (nSPS) is 10.8. The average Bonchev–Trinajstić information content (AvgIpc) is 2.75. The van der Waals surface area contributed by atoms with Crippen LogP contribution in [0.25, 0.3) is 0 Å². The van der Waals surface area contributed by atoms with E-state index in [1.54, 1.807) is 22.8 Å². The van der Waals surface area contributed by atoms with E-state index in [0.29, 0.717) is 23.6 Å². The molecule has 2 rings (SSSR count). The summed E-state index contributed by atoms with van der Waals surface area (Å²) in [6.07, 6.45) is 2.97. The molecule has 8 nitrogen and oxygen atoms in total. The Morgan fingerprint density at radius 1 is 0.968 bits per heavy atom. The molecule has 0 aliphatic rings. The number of nitrogens with one attached hydrogen (secondary N) is 2. The number of carbonyl (C=O) groups excluding carboxylic acids is 2. The number of benzene rings is 1. The molecule has 0 bridgehead atoms. The second kappa shape index (κ2) is 10.7. The summed E-state index contributed by atoms with van der Waals surface area (Å²) in [5, 5.41) is 5.49. The molecule has 0 unspecified atom stereocenters. The minimum absolute atomic E-state index is 0.0396. The average molecular weight is 430 g/mol. The number of hydrogen-bond donors (Lipinski definition) is 2. The molecule has 31 heavy (non-hydrogen) atoms. The number of ether oxygens (including phenoxy) is 2. The molecule has 0 saturated carbocycles. The van der Waals surface area contributed by atoms with Gasteiger partial charge in [0.15, 0.2) is 11.5 Å². The Balaban J connectivity index is 2.34. The lowest BCUT2D eigenvalue weighted by atomic mass is 10.1. The molecule has 2 aromatic rings. The van der Waals surface area contributed by atoms with Crippen LogP contribution in [0.15, 0.2) is 35.4 Å². The quantitative estimate of drug-likeness (QED) is 0.639. The molecule has 1 aromatic heterocycles. The van der Waals surface area contributed by atoms with Crippen LogP contribution >= 0.6 is 0 Å². The number of para-hydroxylation sites is 1. The summed E-state index contributed by atoms with van der Waals surface area (Å²) in [6.45, 7) is 8.30. The minimum atomic E-state index is -0.603. The zero-order valence-corrected chi connectivity index (χ0v) is 18.9. The SMILES string of the molecule is COc1cccc(CNC(=O)c2cn(C(C)C)cc(C(=O)NCC(C)C)c2=O)c1OC. The summed E-state index contributed by atoms with van der Waals surface area (Å²) >= 11 is 0. The van der Waals surface area contributed by atoms with Crippen molar-refractivity contribution in [1.82, 2.24) is 15.2 Å². The Bertz CT molecular complexity index is 995. The van der Waals surface area contributed by atoms with Gasteiger partial charge in [0.1, 0.15) is 11.1 Å². The van der Waals surface area contributed by atoms with Crippen LogP contribution in [0.2, 0.25) is 0 Å². The van der Waals surface area contributed by atoms with Crippen LogP contribution in [0.4, 0.5) is 0 Å². The van der Waals surface area contributed by atoms with Crippen LogP contribution in [-0.2, 0) is 6.54 Å². The van der Waals surface area contributed by atoms with Crippen molar-refractivity contribution in [3.05, 3.63) is 57.5 Å². The molecule has 8 heteroatoms. The third-order valence-electron chi connectivity index (χ3n) is 4.73. The third-order valence-corrected chi connectivity index (χ3v) is 4.73. The van der Waals surface area contributed by atoms with Gasteiger partial charge in [-0.15, -0.1) is 0 Å². The van der Waals surface area contributed by atoms with Gasteiger partial charge in [0.2, 0.25) is 5.43 Å². The standard InChI is InChI=1S/C23H31N3O5/c1-14(2)10-24-22(28)17-12-26(15(3)4)13-18(20(17)27)23(29)25-11-16-8-7-9-19(30-5)21(16)31-6/h7-9,12-15H,10-11H2,1-6H3,(H,24,28)(H,25,29). The van der Waals surface area contributed by atoms with E-state index in [0.717, 1.165) is 0 Å². The highest BCUT2D eigenvalue weighted by Gasteiger charge is 2.20. The fourth-order valence-corrected chi connectivity index (χ4v) is 2.98. The highest BCUT2D eigenvalue weighted by Crippen LogP contribution is 2.30. The zero-order chi connectivity index (χ0) is 23.1.